The van der Waals surface area contributed by atoms with Crippen LogP contribution in [0.15, 0.2) is 24.3 Å². The lowest BCUT2D eigenvalue weighted by molar-refractivity contribution is -0.151. The Bertz CT molecular complexity index is 586. The maximum Gasteiger partial charge on any atom is 0.306 e. The molecule has 0 radical (unpaired) electrons. The first-order valence-electron chi connectivity index (χ1n) is 12.2. The molecule has 0 N–H and O–H groups in total. The van der Waals surface area contributed by atoms with Gasteiger partial charge in [-0.3, -0.25) is 4.79 Å². The quantitative estimate of drug-likeness (QED) is 0.172. The highest BCUT2D eigenvalue weighted by molar-refractivity contribution is 5.69. The second-order valence-electron chi connectivity index (χ2n) is 8.59. The van der Waals surface area contributed by atoms with E-state index in [0.29, 0.717) is 6.42 Å². The van der Waals surface area contributed by atoms with Crippen molar-refractivity contribution in [1.82, 2.24) is 0 Å². The Kier molecular flexibility index (Phi) is 12.6. The maximum absolute atomic E-state index is 12.5. The largest absolute Gasteiger partial charge is 0.467 e. The molecule has 0 amide bonds. The van der Waals surface area contributed by atoms with Crippen molar-refractivity contribution in [3.63, 3.8) is 0 Å². The van der Waals surface area contributed by atoms with E-state index in [4.69, 9.17) is 14.2 Å². The molecule has 1 aliphatic carbocycles. The van der Waals surface area contributed by atoms with Gasteiger partial charge in [-0.25, -0.2) is 0 Å². The molecule has 1 aromatic rings. The molecule has 1 saturated carbocycles. The standard InChI is InChI=1S/C26H42O4/c1-3-4-5-6-7-8-9-10-11-20-26(27)30-25-19-15-13-17-23(25)22-16-12-14-18-24(22)29-21-28-2/h12,14,16,18,23,25H,3-11,13,15,17,19-21H2,1-2H3/t23-,25+/m0/s1. The summed E-state index contributed by atoms with van der Waals surface area (Å²) in [4.78, 5) is 12.5. The van der Waals surface area contributed by atoms with Gasteiger partial charge in [0, 0.05) is 25.0 Å². The lowest BCUT2D eigenvalue weighted by Crippen LogP contribution is -2.29. The van der Waals surface area contributed by atoms with Crippen LogP contribution in [0.4, 0.5) is 0 Å². The Labute approximate surface area is 183 Å². The van der Waals surface area contributed by atoms with Gasteiger partial charge in [-0.05, 0) is 31.7 Å². The minimum Gasteiger partial charge on any atom is -0.467 e. The molecule has 0 saturated heterocycles. The number of carbonyl (C=O) groups excluding carboxylic acids is 1. The van der Waals surface area contributed by atoms with Crippen LogP contribution in [0.2, 0.25) is 0 Å². The van der Waals surface area contributed by atoms with Gasteiger partial charge in [0.15, 0.2) is 6.79 Å². The van der Waals surface area contributed by atoms with E-state index in [1.165, 1.54) is 44.9 Å². The van der Waals surface area contributed by atoms with Gasteiger partial charge in [0.25, 0.3) is 0 Å². The van der Waals surface area contributed by atoms with E-state index >= 15 is 0 Å². The molecule has 1 fully saturated rings. The van der Waals surface area contributed by atoms with Crippen LogP contribution in [0.25, 0.3) is 0 Å². The third kappa shape index (κ3) is 9.07. The molecule has 30 heavy (non-hydrogen) atoms. The van der Waals surface area contributed by atoms with Gasteiger partial charge in [0.2, 0.25) is 0 Å². The molecule has 0 spiro atoms. The highest BCUT2D eigenvalue weighted by Gasteiger charge is 2.31. The van der Waals surface area contributed by atoms with E-state index in [2.05, 4.69) is 13.0 Å². The summed E-state index contributed by atoms with van der Waals surface area (Å²) >= 11 is 0. The average Bonchev–Trinajstić information content (AvgIpc) is 2.77. The van der Waals surface area contributed by atoms with Crippen molar-refractivity contribution in [1.29, 1.82) is 0 Å². The number of ether oxygens (including phenoxy) is 3. The number of methoxy groups -OCH3 is 1. The first-order valence-corrected chi connectivity index (χ1v) is 12.2. The minimum atomic E-state index is -0.0443. The van der Waals surface area contributed by atoms with Crippen molar-refractivity contribution in [2.45, 2.75) is 109 Å². The van der Waals surface area contributed by atoms with Crippen molar-refractivity contribution < 1.29 is 19.0 Å². The number of unbranched alkanes of at least 4 members (excludes halogenated alkanes) is 8. The Morgan fingerprint density at radius 1 is 0.933 bits per heavy atom. The zero-order valence-corrected chi connectivity index (χ0v) is 19.2. The summed E-state index contributed by atoms with van der Waals surface area (Å²) in [6.07, 6.45) is 16.1. The average molecular weight is 419 g/mol. The Balaban J connectivity index is 1.74. The summed E-state index contributed by atoms with van der Waals surface area (Å²) in [5.74, 6) is 1.01. The molecular weight excluding hydrogens is 376 g/mol. The maximum atomic E-state index is 12.5. The number of esters is 1. The molecule has 1 aliphatic rings. The minimum absolute atomic E-state index is 0.0369. The predicted octanol–water partition coefficient (Wildman–Crippen LogP) is 7.16. The molecule has 0 unspecified atom stereocenters. The number of para-hydroxylation sites is 1. The SMILES string of the molecule is CCCCCCCCCCCC(=O)O[C@@H]1CCCC[C@H]1c1ccccc1OCOC. The fourth-order valence-corrected chi connectivity index (χ4v) is 4.44. The molecular formula is C26H42O4. The molecule has 0 bridgehead atoms. The molecule has 0 aliphatic heterocycles. The van der Waals surface area contributed by atoms with Crippen molar-refractivity contribution in [2.75, 3.05) is 13.9 Å². The highest BCUT2D eigenvalue weighted by atomic mass is 16.7. The first kappa shape index (κ1) is 24.7. The van der Waals surface area contributed by atoms with Crippen LogP contribution in [0, 0.1) is 0 Å². The summed E-state index contributed by atoms with van der Waals surface area (Å²) in [5.41, 5.74) is 1.13. The topological polar surface area (TPSA) is 44.8 Å². The molecule has 4 heteroatoms. The summed E-state index contributed by atoms with van der Waals surface area (Å²) in [7, 11) is 1.63. The van der Waals surface area contributed by atoms with Gasteiger partial charge >= 0.3 is 5.97 Å². The van der Waals surface area contributed by atoms with E-state index in [-0.39, 0.29) is 24.8 Å². The van der Waals surface area contributed by atoms with E-state index in [0.717, 1.165) is 49.8 Å². The molecule has 2 atom stereocenters. The zero-order chi connectivity index (χ0) is 21.4. The van der Waals surface area contributed by atoms with Crippen molar-refractivity contribution in [3.05, 3.63) is 29.8 Å². The Morgan fingerprint density at radius 2 is 1.60 bits per heavy atom. The number of rotatable bonds is 15. The second-order valence-corrected chi connectivity index (χ2v) is 8.59. The van der Waals surface area contributed by atoms with E-state index < -0.39 is 0 Å². The van der Waals surface area contributed by atoms with Gasteiger partial charge < -0.3 is 14.2 Å². The molecule has 170 valence electrons. The fourth-order valence-electron chi connectivity index (χ4n) is 4.44. The van der Waals surface area contributed by atoms with Gasteiger partial charge in [-0.2, -0.15) is 0 Å². The van der Waals surface area contributed by atoms with E-state index in [9.17, 15) is 4.79 Å². The van der Waals surface area contributed by atoms with Crippen LogP contribution in [0.5, 0.6) is 5.75 Å². The van der Waals surface area contributed by atoms with Gasteiger partial charge in [-0.15, -0.1) is 0 Å². The van der Waals surface area contributed by atoms with Gasteiger partial charge in [-0.1, -0.05) is 82.9 Å². The molecule has 0 heterocycles. The highest BCUT2D eigenvalue weighted by Crippen LogP contribution is 2.39. The molecule has 0 aromatic heterocycles. The Hall–Kier alpha value is -1.55. The second kappa shape index (κ2) is 15.3. The summed E-state index contributed by atoms with van der Waals surface area (Å²) < 4.78 is 16.8. The number of hydrogen-bond donors (Lipinski definition) is 0. The smallest absolute Gasteiger partial charge is 0.306 e. The van der Waals surface area contributed by atoms with Crippen LogP contribution in [0.3, 0.4) is 0 Å². The van der Waals surface area contributed by atoms with Crippen LogP contribution in [-0.4, -0.2) is 26.0 Å². The lowest BCUT2D eigenvalue weighted by Gasteiger charge is -2.32. The number of hydrogen-bond acceptors (Lipinski definition) is 4. The summed E-state index contributed by atoms with van der Waals surface area (Å²) in [5, 5.41) is 0. The van der Waals surface area contributed by atoms with Gasteiger partial charge in [0.05, 0.1) is 0 Å². The third-order valence-electron chi connectivity index (χ3n) is 6.12. The molecule has 2 rings (SSSR count). The first-order chi connectivity index (χ1) is 14.8. The lowest BCUT2D eigenvalue weighted by atomic mass is 9.81. The number of carbonyl (C=O) groups is 1. The normalized spacial score (nSPS) is 18.9. The van der Waals surface area contributed by atoms with Crippen LogP contribution >= 0.6 is 0 Å². The summed E-state index contributed by atoms with van der Waals surface area (Å²) in [6.45, 7) is 2.48. The van der Waals surface area contributed by atoms with Crippen molar-refractivity contribution in [3.8, 4) is 5.75 Å². The Morgan fingerprint density at radius 3 is 2.33 bits per heavy atom. The molecule has 4 nitrogen and oxygen atoms in total. The molecule has 1 aromatic carbocycles. The van der Waals surface area contributed by atoms with Crippen molar-refractivity contribution >= 4 is 5.97 Å². The van der Waals surface area contributed by atoms with Crippen molar-refractivity contribution in [2.24, 2.45) is 0 Å². The summed E-state index contributed by atoms with van der Waals surface area (Å²) in [6, 6.07) is 8.08. The van der Waals surface area contributed by atoms with E-state index in [1.54, 1.807) is 7.11 Å². The van der Waals surface area contributed by atoms with Crippen LogP contribution in [0.1, 0.15) is 108 Å². The van der Waals surface area contributed by atoms with E-state index in [1.807, 2.05) is 18.2 Å². The van der Waals surface area contributed by atoms with Gasteiger partial charge in [0.1, 0.15) is 11.9 Å². The van der Waals surface area contributed by atoms with Crippen LogP contribution < -0.4 is 4.74 Å². The predicted molar refractivity (Wildman–Crippen MR) is 122 cm³/mol. The van der Waals surface area contributed by atoms with Crippen LogP contribution in [-0.2, 0) is 14.3 Å². The number of benzene rings is 1. The fraction of sp³-hybridized carbons (Fsp3) is 0.731. The zero-order valence-electron chi connectivity index (χ0n) is 19.2. The monoisotopic (exact) mass is 418 g/mol. The third-order valence-corrected chi connectivity index (χ3v) is 6.12.